The van der Waals surface area contributed by atoms with E-state index in [1.54, 1.807) is 0 Å². The Kier molecular flexibility index (Phi) is 11.5. The normalized spacial score (nSPS) is 10.5. The van der Waals surface area contributed by atoms with Crippen molar-refractivity contribution in [2.24, 2.45) is 0 Å². The van der Waals surface area contributed by atoms with Gasteiger partial charge < -0.3 is 9.47 Å². The second kappa shape index (κ2) is 11.3. The minimum Gasteiger partial charge on any atom is -0.379 e. The fraction of sp³-hybridized carbons (Fsp3) is 1.00. The van der Waals surface area contributed by atoms with Crippen LogP contribution in [0.4, 0.5) is 0 Å². The summed E-state index contributed by atoms with van der Waals surface area (Å²) in [7, 11) is 0. The second-order valence-electron chi connectivity index (χ2n) is 2.66. The molecule has 0 heterocycles. The average Bonchev–Trinajstić information content (AvgIpc) is 2.10. The van der Waals surface area contributed by atoms with Gasteiger partial charge in [0.1, 0.15) is 0 Å². The molecule has 0 aromatic carbocycles. The maximum atomic E-state index is 5.31. The van der Waals surface area contributed by atoms with Gasteiger partial charge >= 0.3 is 0 Å². The van der Waals surface area contributed by atoms with Crippen molar-refractivity contribution >= 4 is 12.6 Å². The van der Waals surface area contributed by atoms with Gasteiger partial charge in [-0.25, -0.2) is 0 Å². The van der Waals surface area contributed by atoms with Gasteiger partial charge in [-0.1, -0.05) is 13.3 Å². The lowest BCUT2D eigenvalue weighted by Gasteiger charge is -2.03. The standard InChI is InChI=1S/C9H20O2S/c1-2-3-5-10-7-8-11-6-4-9-12/h12H,2-9H2,1H3. The van der Waals surface area contributed by atoms with E-state index in [1.807, 2.05) is 0 Å². The number of thiol groups is 1. The van der Waals surface area contributed by atoms with Gasteiger partial charge in [0.2, 0.25) is 0 Å². The van der Waals surface area contributed by atoms with E-state index in [-0.39, 0.29) is 0 Å². The first-order valence-electron chi connectivity index (χ1n) is 4.68. The molecule has 0 amide bonds. The van der Waals surface area contributed by atoms with Crippen LogP contribution in [-0.2, 0) is 9.47 Å². The van der Waals surface area contributed by atoms with Crippen LogP contribution in [0.5, 0.6) is 0 Å². The Balaban J connectivity index is 2.73. The molecule has 0 aromatic rings. The van der Waals surface area contributed by atoms with Crippen LogP contribution < -0.4 is 0 Å². The van der Waals surface area contributed by atoms with Crippen LogP contribution in [0.3, 0.4) is 0 Å². The summed E-state index contributed by atoms with van der Waals surface area (Å²) in [5, 5.41) is 0. The topological polar surface area (TPSA) is 18.5 Å². The van der Waals surface area contributed by atoms with E-state index in [9.17, 15) is 0 Å². The van der Waals surface area contributed by atoms with Gasteiger partial charge in [0, 0.05) is 13.2 Å². The number of unbranched alkanes of at least 4 members (excludes halogenated alkanes) is 1. The van der Waals surface area contributed by atoms with Gasteiger partial charge in [-0.2, -0.15) is 12.6 Å². The van der Waals surface area contributed by atoms with Crippen LogP contribution in [-0.4, -0.2) is 32.2 Å². The predicted molar refractivity (Wildman–Crippen MR) is 55.0 cm³/mol. The van der Waals surface area contributed by atoms with E-state index in [0.717, 1.165) is 45.0 Å². The number of rotatable bonds is 9. The van der Waals surface area contributed by atoms with Gasteiger partial charge in [-0.15, -0.1) is 0 Å². The van der Waals surface area contributed by atoms with Crippen LogP contribution in [0.25, 0.3) is 0 Å². The van der Waals surface area contributed by atoms with Gasteiger partial charge in [-0.05, 0) is 18.6 Å². The molecule has 0 rings (SSSR count). The zero-order chi connectivity index (χ0) is 9.07. The molecule has 0 saturated heterocycles. The Bertz CT molecular complexity index is 68.9. The summed E-state index contributed by atoms with van der Waals surface area (Å²) in [6.07, 6.45) is 3.37. The van der Waals surface area contributed by atoms with Gasteiger partial charge in [0.05, 0.1) is 13.2 Å². The van der Waals surface area contributed by atoms with E-state index in [0.29, 0.717) is 0 Å². The van der Waals surface area contributed by atoms with Crippen molar-refractivity contribution in [1.82, 2.24) is 0 Å². The lowest BCUT2D eigenvalue weighted by atomic mass is 10.4. The Morgan fingerprint density at radius 2 is 1.50 bits per heavy atom. The van der Waals surface area contributed by atoms with E-state index in [1.165, 1.54) is 6.42 Å². The quantitative estimate of drug-likeness (QED) is 0.446. The van der Waals surface area contributed by atoms with Crippen molar-refractivity contribution in [2.45, 2.75) is 26.2 Å². The largest absolute Gasteiger partial charge is 0.379 e. The van der Waals surface area contributed by atoms with E-state index >= 15 is 0 Å². The second-order valence-corrected chi connectivity index (χ2v) is 3.10. The highest BCUT2D eigenvalue weighted by atomic mass is 32.1. The van der Waals surface area contributed by atoms with Crippen molar-refractivity contribution in [1.29, 1.82) is 0 Å². The van der Waals surface area contributed by atoms with Crippen LogP contribution in [0, 0.1) is 0 Å². The molecule has 0 aromatic heterocycles. The van der Waals surface area contributed by atoms with Crippen LogP contribution in [0.15, 0.2) is 0 Å². The summed E-state index contributed by atoms with van der Waals surface area (Å²) in [4.78, 5) is 0. The summed E-state index contributed by atoms with van der Waals surface area (Å²) in [5.41, 5.74) is 0. The molecule has 0 aliphatic heterocycles. The maximum Gasteiger partial charge on any atom is 0.0700 e. The molecule has 0 bridgehead atoms. The highest BCUT2D eigenvalue weighted by Gasteiger charge is 1.88. The number of hydrogen-bond donors (Lipinski definition) is 1. The molecule has 0 aliphatic rings. The third-order valence-electron chi connectivity index (χ3n) is 1.46. The fourth-order valence-corrected chi connectivity index (χ4v) is 0.864. The summed E-state index contributed by atoms with van der Waals surface area (Å²) in [6.45, 7) is 5.28. The minimum atomic E-state index is 0.720. The molecule has 0 N–H and O–H groups in total. The van der Waals surface area contributed by atoms with E-state index in [2.05, 4.69) is 19.6 Å². The zero-order valence-electron chi connectivity index (χ0n) is 7.92. The monoisotopic (exact) mass is 192 g/mol. The van der Waals surface area contributed by atoms with Crippen LogP contribution in [0.1, 0.15) is 26.2 Å². The molecule has 0 fully saturated rings. The molecular weight excluding hydrogens is 172 g/mol. The van der Waals surface area contributed by atoms with Crippen molar-refractivity contribution < 1.29 is 9.47 Å². The Morgan fingerprint density at radius 1 is 0.917 bits per heavy atom. The summed E-state index contributed by atoms with van der Waals surface area (Å²) < 4.78 is 10.6. The molecule has 0 spiro atoms. The van der Waals surface area contributed by atoms with Crippen molar-refractivity contribution in [2.75, 3.05) is 32.2 Å². The summed E-state index contributed by atoms with van der Waals surface area (Å²) in [6, 6.07) is 0. The molecular formula is C9H20O2S. The van der Waals surface area contributed by atoms with Gasteiger partial charge in [0.15, 0.2) is 0 Å². The van der Waals surface area contributed by atoms with Crippen LogP contribution in [0.2, 0.25) is 0 Å². The lowest BCUT2D eigenvalue weighted by Crippen LogP contribution is -2.06. The molecule has 2 nitrogen and oxygen atoms in total. The predicted octanol–water partition coefficient (Wildman–Crippen LogP) is 2.14. The maximum absolute atomic E-state index is 5.31. The molecule has 74 valence electrons. The van der Waals surface area contributed by atoms with Crippen molar-refractivity contribution in [3.05, 3.63) is 0 Å². The molecule has 0 atom stereocenters. The van der Waals surface area contributed by atoms with E-state index in [4.69, 9.17) is 9.47 Å². The summed E-state index contributed by atoms with van der Waals surface area (Å²) >= 11 is 4.08. The van der Waals surface area contributed by atoms with Crippen LogP contribution >= 0.6 is 12.6 Å². The molecule has 0 unspecified atom stereocenters. The SMILES string of the molecule is CCCCOCCOCCCS. The fourth-order valence-electron chi connectivity index (χ4n) is 0.735. The Morgan fingerprint density at radius 3 is 2.00 bits per heavy atom. The highest BCUT2D eigenvalue weighted by molar-refractivity contribution is 7.80. The Hall–Kier alpha value is 0.270. The van der Waals surface area contributed by atoms with Crippen molar-refractivity contribution in [3.8, 4) is 0 Å². The molecule has 0 saturated carbocycles. The average molecular weight is 192 g/mol. The van der Waals surface area contributed by atoms with Gasteiger partial charge in [0.25, 0.3) is 0 Å². The van der Waals surface area contributed by atoms with Gasteiger partial charge in [-0.3, -0.25) is 0 Å². The summed E-state index contributed by atoms with van der Waals surface area (Å²) in [5.74, 6) is 0.899. The minimum absolute atomic E-state index is 0.720. The number of hydrogen-bond acceptors (Lipinski definition) is 3. The first-order chi connectivity index (χ1) is 5.91. The molecule has 0 radical (unpaired) electrons. The number of ether oxygens (including phenoxy) is 2. The third-order valence-corrected chi connectivity index (χ3v) is 1.78. The Labute approximate surface area is 81.0 Å². The molecule has 3 heteroatoms. The highest BCUT2D eigenvalue weighted by Crippen LogP contribution is 1.89. The zero-order valence-corrected chi connectivity index (χ0v) is 8.81. The van der Waals surface area contributed by atoms with Crippen molar-refractivity contribution in [3.63, 3.8) is 0 Å². The third kappa shape index (κ3) is 10.3. The molecule has 12 heavy (non-hydrogen) atoms. The first kappa shape index (κ1) is 12.3. The smallest absolute Gasteiger partial charge is 0.0700 e. The molecule has 0 aliphatic carbocycles. The lowest BCUT2D eigenvalue weighted by molar-refractivity contribution is 0.0472. The van der Waals surface area contributed by atoms with E-state index < -0.39 is 0 Å². The first-order valence-corrected chi connectivity index (χ1v) is 5.31.